The Morgan fingerprint density at radius 3 is 3.08 bits per heavy atom. The Hall–Kier alpha value is -0.540. The summed E-state index contributed by atoms with van der Waals surface area (Å²) >= 11 is 3.38. The van der Waals surface area contributed by atoms with Crippen LogP contribution in [0.2, 0.25) is 0 Å². The molecule has 0 aliphatic carbocycles. The molecule has 1 N–H and O–H groups in total. The Morgan fingerprint density at radius 2 is 2.46 bits per heavy atom. The Bertz CT molecular complexity index is 268. The van der Waals surface area contributed by atoms with E-state index < -0.39 is 0 Å². The van der Waals surface area contributed by atoms with Crippen LogP contribution in [0.3, 0.4) is 0 Å². The molecule has 0 atom stereocenters. The lowest BCUT2D eigenvalue weighted by molar-refractivity contribution is 0.555. The SMILES string of the molecule is CCCNC/C=C/c1occc1Br. The van der Waals surface area contributed by atoms with Crippen LogP contribution in [0.25, 0.3) is 6.08 Å². The van der Waals surface area contributed by atoms with Crippen molar-refractivity contribution < 1.29 is 4.42 Å². The first kappa shape index (κ1) is 10.5. The van der Waals surface area contributed by atoms with Crippen molar-refractivity contribution in [2.45, 2.75) is 13.3 Å². The van der Waals surface area contributed by atoms with E-state index in [9.17, 15) is 0 Å². The molecule has 3 heteroatoms. The topological polar surface area (TPSA) is 25.2 Å². The van der Waals surface area contributed by atoms with E-state index in [1.54, 1.807) is 6.26 Å². The van der Waals surface area contributed by atoms with Gasteiger partial charge in [0.25, 0.3) is 0 Å². The third-order valence-electron chi connectivity index (χ3n) is 1.60. The van der Waals surface area contributed by atoms with Crippen molar-refractivity contribution in [2.24, 2.45) is 0 Å². The lowest BCUT2D eigenvalue weighted by Crippen LogP contribution is -2.13. The van der Waals surface area contributed by atoms with Gasteiger partial charge in [-0.2, -0.15) is 0 Å². The van der Waals surface area contributed by atoms with Crippen molar-refractivity contribution in [1.29, 1.82) is 0 Å². The molecule has 1 aromatic heterocycles. The van der Waals surface area contributed by atoms with Crippen LogP contribution < -0.4 is 5.32 Å². The van der Waals surface area contributed by atoms with E-state index in [2.05, 4.69) is 34.2 Å². The molecular formula is C10H14BrNO. The summed E-state index contributed by atoms with van der Waals surface area (Å²) in [5, 5.41) is 3.27. The summed E-state index contributed by atoms with van der Waals surface area (Å²) in [6.45, 7) is 4.10. The summed E-state index contributed by atoms with van der Waals surface area (Å²) in [5.74, 6) is 0.873. The van der Waals surface area contributed by atoms with Crippen LogP contribution in [0.4, 0.5) is 0 Å². The van der Waals surface area contributed by atoms with Crippen LogP contribution in [0.15, 0.2) is 27.3 Å². The molecule has 0 aliphatic rings. The second-order valence-corrected chi connectivity index (χ2v) is 3.59. The monoisotopic (exact) mass is 243 g/mol. The average molecular weight is 244 g/mol. The van der Waals surface area contributed by atoms with Gasteiger partial charge in [-0.15, -0.1) is 0 Å². The third kappa shape index (κ3) is 3.79. The summed E-state index contributed by atoms with van der Waals surface area (Å²) in [6, 6.07) is 1.89. The molecule has 72 valence electrons. The highest BCUT2D eigenvalue weighted by Gasteiger charge is 1.96. The lowest BCUT2D eigenvalue weighted by atomic mass is 10.4. The second-order valence-electron chi connectivity index (χ2n) is 2.74. The van der Waals surface area contributed by atoms with Gasteiger partial charge < -0.3 is 9.73 Å². The minimum atomic E-state index is 0.873. The van der Waals surface area contributed by atoms with Gasteiger partial charge in [-0.25, -0.2) is 0 Å². The quantitative estimate of drug-likeness (QED) is 0.805. The Balaban J connectivity index is 2.28. The van der Waals surface area contributed by atoms with Crippen LogP contribution in [-0.4, -0.2) is 13.1 Å². The summed E-state index contributed by atoms with van der Waals surface area (Å²) < 4.78 is 6.21. The largest absolute Gasteiger partial charge is 0.464 e. The number of rotatable bonds is 5. The smallest absolute Gasteiger partial charge is 0.140 e. The fourth-order valence-electron chi connectivity index (χ4n) is 0.953. The zero-order valence-corrected chi connectivity index (χ0v) is 9.30. The average Bonchev–Trinajstić information content (AvgIpc) is 2.52. The molecule has 0 fully saturated rings. The molecule has 1 rings (SSSR count). The minimum Gasteiger partial charge on any atom is -0.464 e. The molecule has 2 nitrogen and oxygen atoms in total. The third-order valence-corrected chi connectivity index (χ3v) is 2.26. The van der Waals surface area contributed by atoms with Gasteiger partial charge in [0.2, 0.25) is 0 Å². The Kier molecular flexibility index (Phi) is 4.86. The highest BCUT2D eigenvalue weighted by molar-refractivity contribution is 9.10. The Labute approximate surface area is 87.1 Å². The van der Waals surface area contributed by atoms with E-state index in [1.165, 1.54) is 0 Å². The zero-order chi connectivity index (χ0) is 9.52. The van der Waals surface area contributed by atoms with Crippen molar-refractivity contribution >= 4 is 22.0 Å². The van der Waals surface area contributed by atoms with Gasteiger partial charge in [0.05, 0.1) is 10.7 Å². The minimum absolute atomic E-state index is 0.873. The summed E-state index contributed by atoms with van der Waals surface area (Å²) in [6.07, 6.45) is 6.85. The summed E-state index contributed by atoms with van der Waals surface area (Å²) in [7, 11) is 0. The summed E-state index contributed by atoms with van der Waals surface area (Å²) in [4.78, 5) is 0. The van der Waals surface area contributed by atoms with Gasteiger partial charge in [-0.3, -0.25) is 0 Å². The van der Waals surface area contributed by atoms with E-state index in [-0.39, 0.29) is 0 Å². The van der Waals surface area contributed by atoms with Gasteiger partial charge in [0, 0.05) is 6.54 Å². The molecular weight excluding hydrogens is 230 g/mol. The fourth-order valence-corrected chi connectivity index (χ4v) is 1.29. The van der Waals surface area contributed by atoms with Gasteiger partial charge in [-0.1, -0.05) is 13.0 Å². The molecule has 0 aliphatic heterocycles. The predicted molar refractivity (Wildman–Crippen MR) is 58.6 cm³/mol. The highest BCUT2D eigenvalue weighted by Crippen LogP contribution is 2.18. The van der Waals surface area contributed by atoms with Crippen LogP contribution in [0, 0.1) is 0 Å². The molecule has 0 saturated heterocycles. The normalized spacial score (nSPS) is 11.2. The second kappa shape index (κ2) is 6.00. The molecule has 0 bridgehead atoms. The van der Waals surface area contributed by atoms with E-state index in [0.29, 0.717) is 0 Å². The van der Waals surface area contributed by atoms with Crippen LogP contribution in [0.5, 0.6) is 0 Å². The molecule has 0 amide bonds. The fraction of sp³-hybridized carbons (Fsp3) is 0.400. The zero-order valence-electron chi connectivity index (χ0n) is 7.72. The lowest BCUT2D eigenvalue weighted by Gasteiger charge is -1.95. The molecule has 1 aromatic rings. The molecule has 1 heterocycles. The van der Waals surface area contributed by atoms with Crippen LogP contribution in [0.1, 0.15) is 19.1 Å². The van der Waals surface area contributed by atoms with Crippen molar-refractivity contribution in [2.75, 3.05) is 13.1 Å². The van der Waals surface area contributed by atoms with Crippen molar-refractivity contribution in [1.82, 2.24) is 5.32 Å². The van der Waals surface area contributed by atoms with Crippen molar-refractivity contribution in [3.05, 3.63) is 28.6 Å². The highest BCUT2D eigenvalue weighted by atomic mass is 79.9. The van der Waals surface area contributed by atoms with Gasteiger partial charge in [-0.05, 0) is 41.0 Å². The van der Waals surface area contributed by atoms with Crippen molar-refractivity contribution in [3.8, 4) is 0 Å². The number of halogens is 1. The van der Waals surface area contributed by atoms with E-state index >= 15 is 0 Å². The van der Waals surface area contributed by atoms with E-state index in [1.807, 2.05) is 12.1 Å². The van der Waals surface area contributed by atoms with Gasteiger partial charge in [0.1, 0.15) is 5.76 Å². The predicted octanol–water partition coefficient (Wildman–Crippen LogP) is 3.05. The van der Waals surface area contributed by atoms with Gasteiger partial charge in [0.15, 0.2) is 0 Å². The number of furan rings is 1. The molecule has 0 spiro atoms. The molecule has 0 aromatic carbocycles. The maximum absolute atomic E-state index is 5.21. The first-order valence-electron chi connectivity index (χ1n) is 4.45. The number of nitrogens with one attached hydrogen (secondary N) is 1. The van der Waals surface area contributed by atoms with Crippen molar-refractivity contribution in [3.63, 3.8) is 0 Å². The summed E-state index contributed by atoms with van der Waals surface area (Å²) in [5.41, 5.74) is 0. The molecule has 0 radical (unpaired) electrons. The number of hydrogen-bond acceptors (Lipinski definition) is 2. The molecule has 0 saturated carbocycles. The molecule has 13 heavy (non-hydrogen) atoms. The van der Waals surface area contributed by atoms with Crippen LogP contribution in [-0.2, 0) is 0 Å². The van der Waals surface area contributed by atoms with E-state index in [4.69, 9.17) is 4.42 Å². The maximum atomic E-state index is 5.21. The maximum Gasteiger partial charge on any atom is 0.140 e. The first-order valence-corrected chi connectivity index (χ1v) is 5.24. The van der Waals surface area contributed by atoms with Gasteiger partial charge >= 0.3 is 0 Å². The van der Waals surface area contributed by atoms with Crippen LogP contribution >= 0.6 is 15.9 Å². The standard InChI is InChI=1S/C10H14BrNO/c1-2-6-12-7-3-4-10-9(11)5-8-13-10/h3-5,8,12H,2,6-7H2,1H3/b4-3+. The first-order chi connectivity index (χ1) is 6.34. The number of hydrogen-bond donors (Lipinski definition) is 1. The van der Waals surface area contributed by atoms with E-state index in [0.717, 1.165) is 29.7 Å². The molecule has 0 unspecified atom stereocenters. The Morgan fingerprint density at radius 1 is 1.62 bits per heavy atom.